The topological polar surface area (TPSA) is 67.8 Å². The quantitative estimate of drug-likeness (QED) is 0.211. The minimum absolute atomic E-state index is 0.0547. The zero-order valence-corrected chi connectivity index (χ0v) is 24.6. The first-order valence-electron chi connectivity index (χ1n) is 12.8. The maximum Gasteiger partial charge on any atom is 0.333 e. The van der Waals surface area contributed by atoms with E-state index in [0.717, 1.165) is 32.9 Å². The average molecular weight is 556 g/mol. The normalized spacial score (nSPS) is 13.9. The summed E-state index contributed by atoms with van der Waals surface area (Å²) in [4.78, 5) is 14.2. The van der Waals surface area contributed by atoms with Gasteiger partial charge in [0.25, 0.3) is 0 Å². The second-order valence-electron chi connectivity index (χ2n) is 10.2. The Balaban J connectivity index is 1.94. The van der Waals surface area contributed by atoms with Gasteiger partial charge >= 0.3 is 5.97 Å². The van der Waals surface area contributed by atoms with Crippen molar-refractivity contribution in [1.29, 1.82) is 0 Å². The van der Waals surface area contributed by atoms with E-state index in [0.29, 0.717) is 11.6 Å². The number of hydrogen-bond acceptors (Lipinski definition) is 5. The van der Waals surface area contributed by atoms with E-state index in [4.69, 9.17) is 21.1 Å². The van der Waals surface area contributed by atoms with Gasteiger partial charge in [-0.25, -0.2) is 4.79 Å². The SMILES string of the molecule is C=CC(C)(NCc1cc(CC(OC(C)C)C(=O)O)ccc1-c1ccc(C)s1)c1ccc(OC(C)C)cc1Cl. The van der Waals surface area contributed by atoms with Crippen molar-refractivity contribution in [3.63, 3.8) is 0 Å². The summed E-state index contributed by atoms with van der Waals surface area (Å²) in [6, 6.07) is 16.1. The van der Waals surface area contributed by atoms with Crippen molar-refractivity contribution >= 4 is 28.9 Å². The number of benzene rings is 2. The fourth-order valence-electron chi connectivity index (χ4n) is 4.29. The minimum atomic E-state index is -0.963. The molecule has 7 heteroatoms. The number of nitrogens with one attached hydrogen (secondary N) is 1. The van der Waals surface area contributed by atoms with Crippen LogP contribution in [0.25, 0.3) is 10.4 Å². The highest BCUT2D eigenvalue weighted by Gasteiger charge is 2.26. The summed E-state index contributed by atoms with van der Waals surface area (Å²) < 4.78 is 11.5. The molecule has 0 radical (unpaired) electrons. The van der Waals surface area contributed by atoms with Crippen LogP contribution >= 0.6 is 22.9 Å². The molecule has 2 aromatic carbocycles. The highest BCUT2D eigenvalue weighted by molar-refractivity contribution is 7.15. The molecule has 3 aromatic rings. The maximum absolute atomic E-state index is 11.8. The molecule has 3 rings (SSSR count). The number of halogens is 1. The Hall–Kier alpha value is -2.64. The second-order valence-corrected chi connectivity index (χ2v) is 11.9. The Morgan fingerprint density at radius 1 is 1.13 bits per heavy atom. The molecule has 1 aromatic heterocycles. The molecule has 0 bridgehead atoms. The van der Waals surface area contributed by atoms with Crippen LogP contribution in [0, 0.1) is 6.92 Å². The molecule has 2 N–H and O–H groups in total. The van der Waals surface area contributed by atoms with Crippen molar-refractivity contribution in [1.82, 2.24) is 5.32 Å². The van der Waals surface area contributed by atoms with Crippen LogP contribution in [0.2, 0.25) is 5.02 Å². The third-order valence-electron chi connectivity index (χ3n) is 6.23. The lowest BCUT2D eigenvalue weighted by Gasteiger charge is -2.30. The van der Waals surface area contributed by atoms with E-state index in [1.807, 2.05) is 65.0 Å². The van der Waals surface area contributed by atoms with Gasteiger partial charge in [0.05, 0.1) is 17.7 Å². The molecule has 0 saturated heterocycles. The van der Waals surface area contributed by atoms with Crippen LogP contribution < -0.4 is 10.1 Å². The molecular formula is C31H38ClNO4S. The summed E-state index contributed by atoms with van der Waals surface area (Å²) in [5, 5.41) is 13.9. The standard InChI is InChI=1S/C31H38ClNO4S/c1-8-31(7,26-13-11-24(17-27(26)32)36-19(2)3)33-18-23-15-22(16-28(30(34)35)37-20(4)5)10-12-25(23)29-14-9-21(6)38-29/h8-15,17,19-20,28,33H,1,16,18H2,2-7H3,(H,34,35). The van der Waals surface area contributed by atoms with Gasteiger partial charge in [0, 0.05) is 27.7 Å². The molecule has 0 aliphatic rings. The van der Waals surface area contributed by atoms with Gasteiger partial charge in [-0.05, 0) is 88.1 Å². The molecule has 2 atom stereocenters. The van der Waals surface area contributed by atoms with Gasteiger partial charge in [0.1, 0.15) is 5.75 Å². The number of carbonyl (C=O) groups is 1. The first-order valence-corrected chi connectivity index (χ1v) is 14.0. The first-order chi connectivity index (χ1) is 17.9. The van der Waals surface area contributed by atoms with Crippen LogP contribution in [0.5, 0.6) is 5.75 Å². The molecule has 0 saturated carbocycles. The van der Waals surface area contributed by atoms with E-state index >= 15 is 0 Å². The number of rotatable bonds is 13. The zero-order valence-electron chi connectivity index (χ0n) is 23.0. The van der Waals surface area contributed by atoms with Crippen molar-refractivity contribution in [2.45, 2.75) is 78.4 Å². The molecule has 0 aliphatic heterocycles. The van der Waals surface area contributed by atoms with Gasteiger partial charge in [-0.3, -0.25) is 0 Å². The van der Waals surface area contributed by atoms with E-state index in [9.17, 15) is 9.90 Å². The lowest BCUT2D eigenvalue weighted by Crippen LogP contribution is -2.37. The van der Waals surface area contributed by atoms with Crippen LogP contribution in [0.1, 0.15) is 56.2 Å². The monoisotopic (exact) mass is 555 g/mol. The number of aryl methyl sites for hydroxylation is 1. The van der Waals surface area contributed by atoms with Crippen molar-refractivity contribution in [3.05, 3.63) is 87.8 Å². The Labute approximate surface area is 235 Å². The van der Waals surface area contributed by atoms with E-state index in [1.54, 1.807) is 11.3 Å². The van der Waals surface area contributed by atoms with Gasteiger partial charge in [-0.1, -0.05) is 41.9 Å². The number of thiophene rings is 1. The predicted molar refractivity (Wildman–Crippen MR) is 157 cm³/mol. The smallest absolute Gasteiger partial charge is 0.333 e. The molecular weight excluding hydrogens is 518 g/mol. The second kappa shape index (κ2) is 12.9. The fourth-order valence-corrected chi connectivity index (χ4v) is 5.59. The molecule has 0 fully saturated rings. The van der Waals surface area contributed by atoms with Crippen LogP contribution in [0.15, 0.2) is 61.2 Å². The molecule has 204 valence electrons. The Morgan fingerprint density at radius 2 is 1.87 bits per heavy atom. The lowest BCUT2D eigenvalue weighted by molar-refractivity contribution is -0.153. The molecule has 0 amide bonds. The number of carboxylic acid groups (broad SMARTS) is 1. The average Bonchev–Trinajstić information content (AvgIpc) is 3.27. The third-order valence-corrected chi connectivity index (χ3v) is 7.58. The third kappa shape index (κ3) is 7.70. The van der Waals surface area contributed by atoms with E-state index in [1.165, 1.54) is 4.88 Å². The summed E-state index contributed by atoms with van der Waals surface area (Å²) >= 11 is 8.44. The largest absolute Gasteiger partial charge is 0.491 e. The molecule has 5 nitrogen and oxygen atoms in total. The molecule has 38 heavy (non-hydrogen) atoms. The van der Waals surface area contributed by atoms with Crippen molar-refractivity contribution < 1.29 is 19.4 Å². The van der Waals surface area contributed by atoms with Gasteiger partial charge in [0.15, 0.2) is 6.10 Å². The number of ether oxygens (including phenoxy) is 2. The van der Waals surface area contributed by atoms with Gasteiger partial charge in [0.2, 0.25) is 0 Å². The van der Waals surface area contributed by atoms with Gasteiger partial charge in [-0.15, -0.1) is 17.9 Å². The minimum Gasteiger partial charge on any atom is -0.491 e. The Morgan fingerprint density at radius 3 is 2.42 bits per heavy atom. The highest BCUT2D eigenvalue weighted by atomic mass is 35.5. The molecule has 0 aliphatic carbocycles. The van der Waals surface area contributed by atoms with Crippen LogP contribution in [0.4, 0.5) is 0 Å². The first kappa shape index (κ1) is 29.9. The number of aliphatic carboxylic acids is 1. The Bertz CT molecular complexity index is 1270. The summed E-state index contributed by atoms with van der Waals surface area (Å²) in [5.74, 6) is -0.241. The van der Waals surface area contributed by atoms with Crippen molar-refractivity contribution in [2.24, 2.45) is 0 Å². The summed E-state index contributed by atoms with van der Waals surface area (Å²) in [6.07, 6.45) is 1.11. The number of carboxylic acids is 1. The highest BCUT2D eigenvalue weighted by Crippen LogP contribution is 2.35. The van der Waals surface area contributed by atoms with E-state index < -0.39 is 17.6 Å². The predicted octanol–water partition coefficient (Wildman–Crippen LogP) is 7.78. The fraction of sp³-hybridized carbons (Fsp3) is 0.387. The Kier molecular flexibility index (Phi) is 10.2. The molecule has 0 spiro atoms. The van der Waals surface area contributed by atoms with Crippen LogP contribution in [-0.4, -0.2) is 29.4 Å². The zero-order chi connectivity index (χ0) is 28.0. The summed E-state index contributed by atoms with van der Waals surface area (Å²) in [7, 11) is 0. The van der Waals surface area contributed by atoms with Gasteiger partial charge in [-0.2, -0.15) is 0 Å². The number of hydrogen-bond donors (Lipinski definition) is 2. The van der Waals surface area contributed by atoms with Crippen LogP contribution in [0.3, 0.4) is 0 Å². The molecule has 1 heterocycles. The van der Waals surface area contributed by atoms with E-state index in [2.05, 4.69) is 43.1 Å². The molecule has 2 unspecified atom stereocenters. The van der Waals surface area contributed by atoms with Crippen molar-refractivity contribution in [2.75, 3.05) is 0 Å². The summed E-state index contributed by atoms with van der Waals surface area (Å²) in [6.45, 7) is 16.4. The van der Waals surface area contributed by atoms with Crippen molar-refractivity contribution in [3.8, 4) is 16.2 Å². The van der Waals surface area contributed by atoms with Gasteiger partial charge < -0.3 is 19.9 Å². The maximum atomic E-state index is 11.8. The lowest BCUT2D eigenvalue weighted by atomic mass is 9.91. The van der Waals surface area contributed by atoms with E-state index in [-0.39, 0.29) is 18.6 Å². The van der Waals surface area contributed by atoms with Crippen LogP contribution in [-0.2, 0) is 28.0 Å². The summed E-state index contributed by atoms with van der Waals surface area (Å²) in [5.41, 5.74) is 3.35.